The van der Waals surface area contributed by atoms with Crippen molar-refractivity contribution in [3.63, 3.8) is 0 Å². The monoisotopic (exact) mass is 457 g/mol. The molecule has 2 unspecified atom stereocenters. The quantitative estimate of drug-likeness (QED) is 0.496. The number of amides is 1. The fourth-order valence-electron chi connectivity index (χ4n) is 3.97. The number of nitrogens with two attached hydrogens (primary N) is 3. The normalized spacial score (nSPS) is 24.0. The predicted molar refractivity (Wildman–Crippen MR) is 111 cm³/mol. The number of carbonyl (C=O) groups is 1. The number of alkyl halides is 3. The molecule has 1 aromatic heterocycles. The van der Waals surface area contributed by atoms with Crippen LogP contribution in [0, 0.1) is 5.92 Å². The molecule has 7 N–H and O–H groups in total. The van der Waals surface area contributed by atoms with Crippen LogP contribution in [0.5, 0.6) is 0 Å². The smallest absolute Gasteiger partial charge is 0.364 e. The van der Waals surface area contributed by atoms with Crippen LogP contribution in [0.25, 0.3) is 10.9 Å². The summed E-state index contributed by atoms with van der Waals surface area (Å²) >= 11 is 0. The number of rotatable bonds is 5. The Bertz CT molecular complexity index is 1170. The molecule has 1 aliphatic heterocycles. The lowest BCUT2D eigenvalue weighted by molar-refractivity contribution is -0.137. The second-order valence-electron chi connectivity index (χ2n) is 7.55. The van der Waals surface area contributed by atoms with E-state index in [-0.39, 0.29) is 23.3 Å². The first kappa shape index (κ1) is 23.0. The van der Waals surface area contributed by atoms with Crippen LogP contribution in [0.1, 0.15) is 17.7 Å². The molecule has 12 heteroatoms. The molecule has 1 fully saturated rings. The van der Waals surface area contributed by atoms with Gasteiger partial charge in [-0.1, -0.05) is 6.58 Å². The SMILES string of the molecule is C=CN=C(C(N)=O)C(N)(c1cc2cc(C(F)(F)F)ccc2[nH]1)C1CS(=O)(=O)CC[C@@H]1N. The molecule has 0 spiro atoms. The van der Waals surface area contributed by atoms with Crippen LogP contribution < -0.4 is 17.2 Å². The number of sulfone groups is 1. The van der Waals surface area contributed by atoms with Gasteiger partial charge in [0.05, 0.1) is 17.1 Å². The van der Waals surface area contributed by atoms with Gasteiger partial charge in [0.25, 0.3) is 5.91 Å². The summed E-state index contributed by atoms with van der Waals surface area (Å²) in [6, 6.07) is 3.61. The van der Waals surface area contributed by atoms with Gasteiger partial charge in [-0.25, -0.2) is 8.42 Å². The highest BCUT2D eigenvalue weighted by Gasteiger charge is 2.51. The van der Waals surface area contributed by atoms with Crippen LogP contribution in [0.15, 0.2) is 42.0 Å². The highest BCUT2D eigenvalue weighted by molar-refractivity contribution is 7.91. The fraction of sp³-hybridized carbons (Fsp3) is 0.368. The zero-order chi connectivity index (χ0) is 23.2. The Labute approximate surface area is 176 Å². The van der Waals surface area contributed by atoms with Gasteiger partial charge in [0.2, 0.25) is 0 Å². The zero-order valence-corrected chi connectivity index (χ0v) is 17.1. The molecule has 1 aliphatic rings. The Morgan fingerprint density at radius 3 is 2.55 bits per heavy atom. The van der Waals surface area contributed by atoms with E-state index in [9.17, 15) is 26.4 Å². The molecule has 0 aliphatic carbocycles. The second-order valence-corrected chi connectivity index (χ2v) is 9.78. The highest BCUT2D eigenvalue weighted by Crippen LogP contribution is 2.38. The number of nitrogens with zero attached hydrogens (tertiary/aromatic N) is 1. The number of aliphatic imine (C=N–C) groups is 1. The highest BCUT2D eigenvalue weighted by atomic mass is 32.2. The van der Waals surface area contributed by atoms with Crippen LogP contribution in [-0.4, -0.2) is 42.6 Å². The van der Waals surface area contributed by atoms with Crippen molar-refractivity contribution in [1.29, 1.82) is 0 Å². The van der Waals surface area contributed by atoms with Crippen LogP contribution in [-0.2, 0) is 26.3 Å². The summed E-state index contributed by atoms with van der Waals surface area (Å²) in [5.74, 6) is -2.65. The molecule has 0 bridgehead atoms. The summed E-state index contributed by atoms with van der Waals surface area (Å²) < 4.78 is 64.0. The molecule has 1 aromatic carbocycles. The van der Waals surface area contributed by atoms with Gasteiger partial charge in [-0.3, -0.25) is 9.79 Å². The van der Waals surface area contributed by atoms with E-state index < -0.39 is 56.4 Å². The Morgan fingerprint density at radius 1 is 1.29 bits per heavy atom. The maximum Gasteiger partial charge on any atom is 0.416 e. The molecule has 2 heterocycles. The number of benzene rings is 1. The molecule has 2 aromatic rings. The topological polar surface area (TPSA) is 157 Å². The maximum atomic E-state index is 13.1. The third-order valence-corrected chi connectivity index (χ3v) is 7.26. The first-order chi connectivity index (χ1) is 14.3. The maximum absolute atomic E-state index is 13.1. The molecule has 168 valence electrons. The van der Waals surface area contributed by atoms with E-state index in [2.05, 4.69) is 16.6 Å². The number of halogens is 3. The second kappa shape index (κ2) is 7.77. The Morgan fingerprint density at radius 2 is 1.97 bits per heavy atom. The standard InChI is InChI=1S/C19H22F3N5O3S/c1-2-26-16(17(24)28)18(25,12-9-31(29,30)6-5-13(12)23)15-8-10-7-11(19(20,21)22)3-4-14(10)27-15/h2-4,7-8,12-13,27H,1,5-6,9,23,25H2,(H2,24,28)/t12?,13-,18?/m0/s1. The van der Waals surface area contributed by atoms with Crippen molar-refractivity contribution in [3.8, 4) is 0 Å². The van der Waals surface area contributed by atoms with Gasteiger partial charge >= 0.3 is 6.18 Å². The van der Waals surface area contributed by atoms with E-state index in [1.165, 1.54) is 12.1 Å². The summed E-state index contributed by atoms with van der Waals surface area (Å²) in [5, 5.41) is 0.161. The number of primary amides is 1. The van der Waals surface area contributed by atoms with Gasteiger partial charge in [0, 0.05) is 34.8 Å². The van der Waals surface area contributed by atoms with E-state index in [1.54, 1.807) is 0 Å². The number of hydrogen-bond donors (Lipinski definition) is 4. The summed E-state index contributed by atoms with van der Waals surface area (Å²) in [7, 11) is -3.54. The average molecular weight is 457 g/mol. The van der Waals surface area contributed by atoms with Gasteiger partial charge in [-0.2, -0.15) is 13.2 Å². The third-order valence-electron chi connectivity index (χ3n) is 5.54. The lowest BCUT2D eigenvalue weighted by Gasteiger charge is -2.42. The van der Waals surface area contributed by atoms with Crippen LogP contribution in [0.4, 0.5) is 13.2 Å². The molecule has 3 rings (SSSR count). The number of nitrogens with one attached hydrogen (secondary N) is 1. The zero-order valence-electron chi connectivity index (χ0n) is 16.3. The van der Waals surface area contributed by atoms with Crippen LogP contribution in [0.3, 0.4) is 0 Å². The number of carbonyl (C=O) groups excluding carboxylic acids is 1. The van der Waals surface area contributed by atoms with Crippen molar-refractivity contribution in [1.82, 2.24) is 4.98 Å². The predicted octanol–water partition coefficient (Wildman–Crippen LogP) is 1.17. The minimum atomic E-state index is -4.56. The molecule has 0 radical (unpaired) electrons. The van der Waals surface area contributed by atoms with Crippen molar-refractivity contribution in [2.45, 2.75) is 24.2 Å². The van der Waals surface area contributed by atoms with Crippen LogP contribution >= 0.6 is 0 Å². The van der Waals surface area contributed by atoms with Gasteiger partial charge in [0.1, 0.15) is 11.3 Å². The van der Waals surface area contributed by atoms with E-state index in [4.69, 9.17) is 17.2 Å². The van der Waals surface area contributed by atoms with Gasteiger partial charge < -0.3 is 22.2 Å². The molecule has 3 atom stereocenters. The van der Waals surface area contributed by atoms with Crippen molar-refractivity contribution in [3.05, 3.63) is 48.3 Å². The Kier molecular flexibility index (Phi) is 5.76. The van der Waals surface area contributed by atoms with Crippen LogP contribution in [0.2, 0.25) is 0 Å². The molecule has 8 nitrogen and oxygen atoms in total. The van der Waals surface area contributed by atoms with E-state index in [0.29, 0.717) is 5.52 Å². The first-order valence-corrected chi connectivity index (χ1v) is 11.1. The number of fused-ring (bicyclic) bond motifs is 1. The molecule has 1 saturated heterocycles. The minimum absolute atomic E-state index is 0.0683. The minimum Gasteiger partial charge on any atom is -0.364 e. The van der Waals surface area contributed by atoms with E-state index >= 15 is 0 Å². The molecule has 1 amide bonds. The Hall–Kier alpha value is -2.70. The van der Waals surface area contributed by atoms with Crippen molar-refractivity contribution in [2.24, 2.45) is 28.1 Å². The first-order valence-electron chi connectivity index (χ1n) is 9.24. The summed E-state index contributed by atoms with van der Waals surface area (Å²) in [5.41, 5.74) is 15.5. The average Bonchev–Trinajstić information content (AvgIpc) is 3.10. The molecule has 0 saturated carbocycles. The van der Waals surface area contributed by atoms with Crippen molar-refractivity contribution in [2.75, 3.05) is 11.5 Å². The lowest BCUT2D eigenvalue weighted by Crippen LogP contribution is -2.63. The summed E-state index contributed by atoms with van der Waals surface area (Å²) in [6.07, 6.45) is -3.45. The number of hydrogen-bond acceptors (Lipinski definition) is 6. The molecular weight excluding hydrogens is 435 g/mol. The number of H-pyrrole nitrogens is 1. The Balaban J connectivity index is 2.27. The van der Waals surface area contributed by atoms with Crippen molar-refractivity contribution < 1.29 is 26.4 Å². The molecular formula is C19H22F3N5O3S. The van der Waals surface area contributed by atoms with Gasteiger partial charge in [-0.15, -0.1) is 0 Å². The molecule has 31 heavy (non-hydrogen) atoms. The lowest BCUT2D eigenvalue weighted by atomic mass is 9.74. The largest absolute Gasteiger partial charge is 0.416 e. The van der Waals surface area contributed by atoms with E-state index in [0.717, 1.165) is 18.3 Å². The van der Waals surface area contributed by atoms with Crippen molar-refractivity contribution >= 4 is 32.4 Å². The number of aromatic amines is 1. The summed E-state index contributed by atoms with van der Waals surface area (Å²) in [6.45, 7) is 3.43. The van der Waals surface area contributed by atoms with E-state index in [1.807, 2.05) is 0 Å². The summed E-state index contributed by atoms with van der Waals surface area (Å²) in [4.78, 5) is 19.0. The number of aromatic nitrogens is 1. The third kappa shape index (κ3) is 4.23. The van der Waals surface area contributed by atoms with Gasteiger partial charge in [-0.05, 0) is 30.7 Å². The fourth-order valence-corrected chi connectivity index (χ4v) is 5.82. The van der Waals surface area contributed by atoms with Gasteiger partial charge in [0.15, 0.2) is 9.84 Å².